The van der Waals surface area contributed by atoms with Gasteiger partial charge < -0.3 is 14.4 Å². The standard InChI is InChI=1S/C23H20F3N5O2/c1-12-4-5-15(28-21-29-20(33-30-21)22(6-7-22)23(24,25)26)10-16(12)17-9-14-11-27-13(2)8-18(14)31(3)19(17)32/h4-5,8-11H,6-7H2,1-3H3,(H,28,30). The third kappa shape index (κ3) is 3.46. The minimum atomic E-state index is -4.43. The van der Waals surface area contributed by atoms with Crippen LogP contribution in [-0.2, 0) is 12.5 Å². The maximum Gasteiger partial charge on any atom is 0.403 e. The van der Waals surface area contributed by atoms with Crippen LogP contribution in [0.4, 0.5) is 24.8 Å². The van der Waals surface area contributed by atoms with Crippen LogP contribution in [0.1, 0.15) is 30.0 Å². The lowest BCUT2D eigenvalue weighted by atomic mass is 9.99. The van der Waals surface area contributed by atoms with Crippen molar-refractivity contribution in [2.24, 2.45) is 7.05 Å². The zero-order valence-electron chi connectivity index (χ0n) is 18.1. The van der Waals surface area contributed by atoms with Gasteiger partial charge in [0.1, 0.15) is 5.41 Å². The van der Waals surface area contributed by atoms with E-state index < -0.39 is 17.5 Å². The molecule has 0 unspecified atom stereocenters. The number of alkyl halides is 3. The van der Waals surface area contributed by atoms with Crippen molar-refractivity contribution in [2.75, 3.05) is 5.32 Å². The Morgan fingerprint density at radius 2 is 1.88 bits per heavy atom. The molecule has 0 radical (unpaired) electrons. The van der Waals surface area contributed by atoms with E-state index >= 15 is 0 Å². The fraction of sp³-hybridized carbons (Fsp3) is 0.304. The van der Waals surface area contributed by atoms with Crippen molar-refractivity contribution in [3.8, 4) is 11.1 Å². The lowest BCUT2D eigenvalue weighted by molar-refractivity contribution is -0.166. The van der Waals surface area contributed by atoms with Gasteiger partial charge in [0.2, 0.25) is 5.89 Å². The highest BCUT2D eigenvalue weighted by Crippen LogP contribution is 2.58. The van der Waals surface area contributed by atoms with Gasteiger partial charge in [-0.2, -0.15) is 18.2 Å². The van der Waals surface area contributed by atoms with Crippen LogP contribution in [0.15, 0.2) is 45.8 Å². The third-order valence-electron chi connectivity index (χ3n) is 6.16. The number of hydrogen-bond acceptors (Lipinski definition) is 6. The van der Waals surface area contributed by atoms with Crippen LogP contribution in [-0.4, -0.2) is 25.9 Å². The summed E-state index contributed by atoms with van der Waals surface area (Å²) in [6, 6.07) is 8.94. The van der Waals surface area contributed by atoms with Gasteiger partial charge in [0.05, 0.1) is 5.52 Å². The minimum absolute atomic E-state index is 0.0630. The lowest BCUT2D eigenvalue weighted by Gasteiger charge is -2.14. The Morgan fingerprint density at radius 1 is 1.12 bits per heavy atom. The van der Waals surface area contributed by atoms with E-state index in [1.54, 1.807) is 36.0 Å². The topological polar surface area (TPSA) is 85.8 Å². The highest BCUT2D eigenvalue weighted by Gasteiger charge is 2.68. The molecule has 10 heteroatoms. The highest BCUT2D eigenvalue weighted by atomic mass is 19.4. The molecule has 7 nitrogen and oxygen atoms in total. The van der Waals surface area contributed by atoms with Gasteiger partial charge in [0.25, 0.3) is 11.5 Å². The SMILES string of the molecule is Cc1cc2c(cn1)cc(-c1cc(Nc3noc(C4(C(F)(F)F)CC4)n3)ccc1C)c(=O)n2C. The molecule has 1 saturated carbocycles. The van der Waals surface area contributed by atoms with Crippen LogP contribution < -0.4 is 10.9 Å². The molecule has 1 fully saturated rings. The summed E-state index contributed by atoms with van der Waals surface area (Å²) < 4.78 is 46.5. The molecule has 0 amide bonds. The first-order chi connectivity index (χ1) is 15.6. The first-order valence-electron chi connectivity index (χ1n) is 10.3. The number of rotatable bonds is 4. The van der Waals surface area contributed by atoms with Crippen molar-refractivity contribution >= 4 is 22.5 Å². The number of anilines is 2. The fourth-order valence-electron chi connectivity index (χ4n) is 3.99. The monoisotopic (exact) mass is 455 g/mol. The summed E-state index contributed by atoms with van der Waals surface area (Å²) in [7, 11) is 1.71. The second-order valence-corrected chi connectivity index (χ2v) is 8.46. The van der Waals surface area contributed by atoms with Gasteiger partial charge in [-0.25, -0.2) is 0 Å². The molecule has 1 aliphatic rings. The molecule has 33 heavy (non-hydrogen) atoms. The zero-order chi connectivity index (χ0) is 23.5. The molecule has 0 aliphatic heterocycles. The van der Waals surface area contributed by atoms with Crippen LogP contribution >= 0.6 is 0 Å². The normalized spacial score (nSPS) is 15.1. The summed E-state index contributed by atoms with van der Waals surface area (Å²) in [6.07, 6.45) is -2.84. The number of nitrogens with one attached hydrogen (secondary N) is 1. The molecule has 0 spiro atoms. The quantitative estimate of drug-likeness (QED) is 0.469. The molecule has 1 N–H and O–H groups in total. The van der Waals surface area contributed by atoms with E-state index in [1.165, 1.54) is 0 Å². The maximum absolute atomic E-state index is 13.3. The number of aromatic nitrogens is 4. The highest BCUT2D eigenvalue weighted by molar-refractivity contribution is 5.85. The summed E-state index contributed by atoms with van der Waals surface area (Å²) in [5.41, 5.74) is 1.93. The van der Waals surface area contributed by atoms with E-state index in [0.29, 0.717) is 16.8 Å². The minimum Gasteiger partial charge on any atom is -0.336 e. The predicted octanol–water partition coefficient (Wildman–Crippen LogP) is 4.94. The summed E-state index contributed by atoms with van der Waals surface area (Å²) in [4.78, 5) is 21.4. The summed E-state index contributed by atoms with van der Waals surface area (Å²) in [5.74, 6) is -0.502. The van der Waals surface area contributed by atoms with E-state index in [9.17, 15) is 18.0 Å². The van der Waals surface area contributed by atoms with Gasteiger partial charge in [-0.3, -0.25) is 9.78 Å². The Kier molecular flexibility index (Phi) is 4.59. The van der Waals surface area contributed by atoms with E-state index in [1.807, 2.05) is 26.0 Å². The van der Waals surface area contributed by atoms with Crippen LogP contribution in [0.3, 0.4) is 0 Å². The maximum atomic E-state index is 13.3. The van der Waals surface area contributed by atoms with Crippen molar-refractivity contribution in [2.45, 2.75) is 38.3 Å². The number of aryl methyl sites for hydroxylation is 3. The predicted molar refractivity (Wildman–Crippen MR) is 116 cm³/mol. The average Bonchev–Trinajstić information content (AvgIpc) is 3.47. The number of fused-ring (bicyclic) bond motifs is 1. The molecule has 3 aromatic heterocycles. The Hall–Kier alpha value is -3.69. The van der Waals surface area contributed by atoms with E-state index in [2.05, 4.69) is 20.4 Å². The average molecular weight is 455 g/mol. The zero-order valence-corrected chi connectivity index (χ0v) is 18.1. The van der Waals surface area contributed by atoms with E-state index in [4.69, 9.17) is 4.52 Å². The number of halogens is 3. The molecule has 0 saturated heterocycles. The molecule has 0 bridgehead atoms. The Bertz CT molecular complexity index is 1450. The summed E-state index contributed by atoms with van der Waals surface area (Å²) >= 11 is 0. The van der Waals surface area contributed by atoms with Crippen LogP contribution in [0.25, 0.3) is 22.0 Å². The summed E-state index contributed by atoms with van der Waals surface area (Å²) in [6.45, 7) is 3.74. The van der Waals surface area contributed by atoms with Gasteiger partial charge in [0.15, 0.2) is 0 Å². The Morgan fingerprint density at radius 3 is 2.58 bits per heavy atom. The van der Waals surface area contributed by atoms with E-state index in [-0.39, 0.29) is 24.3 Å². The van der Waals surface area contributed by atoms with Crippen LogP contribution in [0.2, 0.25) is 0 Å². The second-order valence-electron chi connectivity index (χ2n) is 8.46. The van der Waals surface area contributed by atoms with Gasteiger partial charge in [-0.05, 0) is 67.2 Å². The molecule has 0 atom stereocenters. The van der Waals surface area contributed by atoms with Gasteiger partial charge in [-0.1, -0.05) is 6.07 Å². The van der Waals surface area contributed by atoms with E-state index in [0.717, 1.165) is 22.2 Å². The van der Waals surface area contributed by atoms with Crippen LogP contribution in [0, 0.1) is 13.8 Å². The number of benzene rings is 1. The molecule has 1 aromatic carbocycles. The number of nitrogens with zero attached hydrogens (tertiary/aromatic N) is 4. The largest absolute Gasteiger partial charge is 0.403 e. The molecular formula is C23H20F3N5O2. The first kappa shape index (κ1) is 21.2. The second kappa shape index (κ2) is 7.16. The van der Waals surface area contributed by atoms with Crippen LogP contribution in [0.5, 0.6) is 0 Å². The van der Waals surface area contributed by atoms with Gasteiger partial charge in [-0.15, -0.1) is 0 Å². The fourth-order valence-corrected chi connectivity index (χ4v) is 3.99. The number of pyridine rings is 2. The van der Waals surface area contributed by atoms with Crippen molar-refractivity contribution in [1.29, 1.82) is 0 Å². The molecule has 4 aromatic rings. The Balaban J connectivity index is 1.51. The number of hydrogen-bond donors (Lipinski definition) is 1. The van der Waals surface area contributed by atoms with Gasteiger partial charge in [0, 0.05) is 35.6 Å². The molecule has 5 rings (SSSR count). The third-order valence-corrected chi connectivity index (χ3v) is 6.16. The molecule has 3 heterocycles. The van der Waals surface area contributed by atoms with Gasteiger partial charge >= 0.3 is 6.18 Å². The van der Waals surface area contributed by atoms with Crippen molar-refractivity contribution in [1.82, 2.24) is 19.7 Å². The molecule has 170 valence electrons. The Labute approximate surface area is 186 Å². The smallest absolute Gasteiger partial charge is 0.336 e. The molecule has 1 aliphatic carbocycles. The first-order valence-corrected chi connectivity index (χ1v) is 10.3. The van der Waals surface area contributed by atoms with Crippen molar-refractivity contribution < 1.29 is 17.7 Å². The lowest BCUT2D eigenvalue weighted by Crippen LogP contribution is -2.28. The van der Waals surface area contributed by atoms with Crippen molar-refractivity contribution in [3.05, 3.63) is 64.0 Å². The van der Waals surface area contributed by atoms with Crippen molar-refractivity contribution in [3.63, 3.8) is 0 Å². The summed E-state index contributed by atoms with van der Waals surface area (Å²) in [5, 5.41) is 7.37. The molecular weight excluding hydrogens is 435 g/mol.